The topological polar surface area (TPSA) is 81.1 Å². The van der Waals surface area contributed by atoms with Crippen LogP contribution in [0.2, 0.25) is 0 Å². The minimum atomic E-state index is -0.590. The summed E-state index contributed by atoms with van der Waals surface area (Å²) in [6.07, 6.45) is 1.10. The number of hydrogen-bond acceptors (Lipinski definition) is 4. The van der Waals surface area contributed by atoms with Crippen LogP contribution in [0.4, 0.5) is 4.39 Å². The number of carbonyl (C=O) groups excluding carboxylic acids is 1. The summed E-state index contributed by atoms with van der Waals surface area (Å²) in [6, 6.07) is 5.66. The number of hydrogen-bond donors (Lipinski definition) is 2. The second-order valence-electron chi connectivity index (χ2n) is 3.01. The van der Waals surface area contributed by atoms with Gasteiger partial charge in [0.2, 0.25) is 0 Å². The SMILES string of the molecule is NNC(=O)c1ncoc1-c1cccc(F)c1. The number of nitrogens with two attached hydrogens (primary N) is 1. The molecule has 6 heteroatoms. The van der Waals surface area contributed by atoms with Gasteiger partial charge >= 0.3 is 0 Å². The van der Waals surface area contributed by atoms with Crippen molar-refractivity contribution in [1.82, 2.24) is 10.4 Å². The molecular weight excluding hydrogens is 213 g/mol. The number of nitrogens with one attached hydrogen (secondary N) is 1. The average Bonchev–Trinajstić information content (AvgIpc) is 2.77. The Balaban J connectivity index is 2.48. The lowest BCUT2D eigenvalue weighted by Gasteiger charge is -1.99. The molecule has 0 aliphatic carbocycles. The van der Waals surface area contributed by atoms with Gasteiger partial charge < -0.3 is 4.42 Å². The normalized spacial score (nSPS) is 10.1. The molecular formula is C10H8FN3O2. The predicted octanol–water partition coefficient (Wildman–Crippen LogP) is 1.08. The summed E-state index contributed by atoms with van der Waals surface area (Å²) < 4.78 is 18.0. The first-order chi connectivity index (χ1) is 7.72. The Bertz CT molecular complexity index is 524. The number of aromatic nitrogens is 1. The minimum Gasteiger partial charge on any atom is -0.443 e. The molecule has 0 saturated carbocycles. The summed E-state index contributed by atoms with van der Waals surface area (Å²) in [4.78, 5) is 15.0. The zero-order chi connectivity index (χ0) is 11.5. The van der Waals surface area contributed by atoms with Gasteiger partial charge in [0.15, 0.2) is 17.8 Å². The van der Waals surface area contributed by atoms with Crippen molar-refractivity contribution in [1.29, 1.82) is 0 Å². The molecule has 0 atom stereocenters. The molecule has 5 nitrogen and oxygen atoms in total. The fourth-order valence-electron chi connectivity index (χ4n) is 1.31. The van der Waals surface area contributed by atoms with Crippen molar-refractivity contribution in [3.8, 4) is 11.3 Å². The molecule has 16 heavy (non-hydrogen) atoms. The molecule has 0 fully saturated rings. The average molecular weight is 221 g/mol. The van der Waals surface area contributed by atoms with Gasteiger partial charge in [-0.3, -0.25) is 10.2 Å². The van der Waals surface area contributed by atoms with Crippen LogP contribution in [-0.4, -0.2) is 10.9 Å². The zero-order valence-electron chi connectivity index (χ0n) is 8.11. The number of amides is 1. The van der Waals surface area contributed by atoms with Gasteiger partial charge in [0.1, 0.15) is 5.82 Å². The lowest BCUT2D eigenvalue weighted by Crippen LogP contribution is -2.30. The first-order valence-electron chi connectivity index (χ1n) is 4.42. The lowest BCUT2D eigenvalue weighted by molar-refractivity contribution is 0.0949. The second-order valence-corrected chi connectivity index (χ2v) is 3.01. The van der Waals surface area contributed by atoms with Crippen LogP contribution in [-0.2, 0) is 0 Å². The predicted molar refractivity (Wildman–Crippen MR) is 53.6 cm³/mol. The van der Waals surface area contributed by atoms with Crippen LogP contribution in [0, 0.1) is 5.82 Å². The molecule has 2 aromatic rings. The van der Waals surface area contributed by atoms with Gasteiger partial charge in [0, 0.05) is 5.56 Å². The molecule has 0 bridgehead atoms. The van der Waals surface area contributed by atoms with Crippen molar-refractivity contribution in [2.24, 2.45) is 5.84 Å². The molecule has 2 rings (SSSR count). The van der Waals surface area contributed by atoms with Gasteiger partial charge in [-0.1, -0.05) is 12.1 Å². The smallest absolute Gasteiger partial charge is 0.287 e. The molecule has 0 aliphatic rings. The number of oxazole rings is 1. The molecule has 1 aromatic carbocycles. The first kappa shape index (κ1) is 10.3. The number of rotatable bonds is 2. The van der Waals surface area contributed by atoms with Gasteiger partial charge in [-0.05, 0) is 12.1 Å². The third-order valence-electron chi connectivity index (χ3n) is 2.00. The summed E-state index contributed by atoms with van der Waals surface area (Å²) in [7, 11) is 0. The van der Waals surface area contributed by atoms with E-state index in [1.807, 2.05) is 5.43 Å². The van der Waals surface area contributed by atoms with Crippen molar-refractivity contribution in [2.75, 3.05) is 0 Å². The lowest BCUT2D eigenvalue weighted by atomic mass is 10.1. The van der Waals surface area contributed by atoms with E-state index in [9.17, 15) is 9.18 Å². The van der Waals surface area contributed by atoms with E-state index in [0.717, 1.165) is 6.39 Å². The van der Waals surface area contributed by atoms with Gasteiger partial charge in [0.05, 0.1) is 0 Å². The quantitative estimate of drug-likeness (QED) is 0.451. The zero-order valence-corrected chi connectivity index (χ0v) is 8.11. The standard InChI is InChI=1S/C10H8FN3O2/c11-7-3-1-2-6(4-7)9-8(10(15)14-12)13-5-16-9/h1-5H,12H2,(H,14,15). The number of benzene rings is 1. The van der Waals surface area contributed by atoms with E-state index in [4.69, 9.17) is 10.3 Å². The molecule has 1 heterocycles. The Hall–Kier alpha value is -2.21. The largest absolute Gasteiger partial charge is 0.443 e. The van der Waals surface area contributed by atoms with Crippen LogP contribution in [0.25, 0.3) is 11.3 Å². The van der Waals surface area contributed by atoms with Crippen LogP contribution in [0.5, 0.6) is 0 Å². The number of nitrogen functional groups attached to an aromatic ring is 1. The van der Waals surface area contributed by atoms with Crippen molar-refractivity contribution in [2.45, 2.75) is 0 Å². The van der Waals surface area contributed by atoms with Crippen LogP contribution < -0.4 is 11.3 Å². The van der Waals surface area contributed by atoms with E-state index < -0.39 is 11.7 Å². The fraction of sp³-hybridized carbons (Fsp3) is 0. The maximum Gasteiger partial charge on any atom is 0.287 e. The maximum atomic E-state index is 13.0. The third-order valence-corrected chi connectivity index (χ3v) is 2.00. The Morgan fingerprint density at radius 2 is 2.31 bits per heavy atom. The summed E-state index contributed by atoms with van der Waals surface area (Å²) >= 11 is 0. The van der Waals surface area contributed by atoms with Crippen LogP contribution in [0.3, 0.4) is 0 Å². The Morgan fingerprint density at radius 3 is 3.00 bits per heavy atom. The van der Waals surface area contributed by atoms with Gasteiger partial charge in [-0.15, -0.1) is 0 Å². The van der Waals surface area contributed by atoms with Crippen LogP contribution in [0.1, 0.15) is 10.5 Å². The summed E-state index contributed by atoms with van der Waals surface area (Å²) in [5.74, 6) is 4.15. The molecule has 0 aliphatic heterocycles. The van der Waals surface area contributed by atoms with E-state index in [1.165, 1.54) is 18.2 Å². The summed E-state index contributed by atoms with van der Waals surface area (Å²) in [5, 5.41) is 0. The molecule has 0 saturated heterocycles. The van der Waals surface area contributed by atoms with Gasteiger partial charge in [0.25, 0.3) is 5.91 Å². The van der Waals surface area contributed by atoms with Crippen molar-refractivity contribution < 1.29 is 13.6 Å². The van der Waals surface area contributed by atoms with Crippen molar-refractivity contribution >= 4 is 5.91 Å². The second kappa shape index (κ2) is 4.11. The van der Waals surface area contributed by atoms with Crippen molar-refractivity contribution in [3.63, 3.8) is 0 Å². The minimum absolute atomic E-state index is 0.0214. The summed E-state index contributed by atoms with van der Waals surface area (Å²) in [5.41, 5.74) is 2.39. The Morgan fingerprint density at radius 1 is 1.50 bits per heavy atom. The Kier molecular flexibility index (Phi) is 2.65. The van der Waals surface area contributed by atoms with Gasteiger partial charge in [-0.2, -0.15) is 0 Å². The van der Waals surface area contributed by atoms with E-state index in [2.05, 4.69) is 4.98 Å². The van der Waals surface area contributed by atoms with Gasteiger partial charge in [-0.25, -0.2) is 15.2 Å². The molecule has 0 radical (unpaired) electrons. The van der Waals surface area contributed by atoms with Crippen LogP contribution in [0.15, 0.2) is 35.1 Å². The highest BCUT2D eigenvalue weighted by Gasteiger charge is 2.17. The molecule has 82 valence electrons. The maximum absolute atomic E-state index is 13.0. The number of halogens is 1. The molecule has 1 aromatic heterocycles. The molecule has 3 N–H and O–H groups in total. The number of carbonyl (C=O) groups is 1. The molecule has 1 amide bonds. The highest BCUT2D eigenvalue weighted by molar-refractivity contribution is 5.97. The first-order valence-corrected chi connectivity index (χ1v) is 4.42. The number of hydrazine groups is 1. The number of nitrogens with zero attached hydrogens (tertiary/aromatic N) is 1. The van der Waals surface area contributed by atoms with E-state index in [0.29, 0.717) is 5.56 Å². The fourth-order valence-corrected chi connectivity index (χ4v) is 1.31. The summed E-state index contributed by atoms with van der Waals surface area (Å²) in [6.45, 7) is 0. The van der Waals surface area contributed by atoms with E-state index in [1.54, 1.807) is 6.07 Å². The molecule has 0 spiro atoms. The van der Waals surface area contributed by atoms with E-state index >= 15 is 0 Å². The highest BCUT2D eigenvalue weighted by Crippen LogP contribution is 2.23. The third kappa shape index (κ3) is 1.78. The van der Waals surface area contributed by atoms with E-state index in [-0.39, 0.29) is 11.5 Å². The highest BCUT2D eigenvalue weighted by atomic mass is 19.1. The molecule has 0 unspecified atom stereocenters. The van der Waals surface area contributed by atoms with Crippen molar-refractivity contribution in [3.05, 3.63) is 42.2 Å². The van der Waals surface area contributed by atoms with Crippen LogP contribution >= 0.6 is 0 Å². The Labute approximate surface area is 90.1 Å². The monoisotopic (exact) mass is 221 g/mol.